The Morgan fingerprint density at radius 2 is 1.91 bits per heavy atom. The molecule has 0 radical (unpaired) electrons. The summed E-state index contributed by atoms with van der Waals surface area (Å²) in [7, 11) is 0. The molecule has 2 rings (SSSR count). The van der Waals surface area contributed by atoms with E-state index in [9.17, 15) is 4.79 Å². The Hall–Kier alpha value is -2.26. The molecule has 0 saturated heterocycles. The Balaban J connectivity index is 1.82. The van der Waals surface area contributed by atoms with Crippen LogP contribution in [0, 0.1) is 0 Å². The number of halogens is 1. The van der Waals surface area contributed by atoms with Crippen LogP contribution in [0.15, 0.2) is 61.2 Å². The van der Waals surface area contributed by atoms with Crippen molar-refractivity contribution in [3.63, 3.8) is 0 Å². The van der Waals surface area contributed by atoms with Gasteiger partial charge in [0.25, 0.3) is 5.91 Å². The first-order valence-electron chi connectivity index (χ1n) is 7.02. The largest absolute Gasteiger partial charge is 0.483 e. The second kappa shape index (κ2) is 8.25. The van der Waals surface area contributed by atoms with Crippen LogP contribution < -0.4 is 10.1 Å². The minimum atomic E-state index is -0.164. The lowest BCUT2D eigenvalue weighted by Crippen LogP contribution is -2.28. The molecule has 0 bridgehead atoms. The molecule has 1 N–H and O–H groups in total. The van der Waals surface area contributed by atoms with Gasteiger partial charge in [-0.05, 0) is 35.7 Å². The maximum absolute atomic E-state index is 11.8. The molecule has 0 spiro atoms. The van der Waals surface area contributed by atoms with Gasteiger partial charge in [0.1, 0.15) is 5.75 Å². The normalized spacial score (nSPS) is 10.0. The number of carbonyl (C=O) groups is 1. The summed E-state index contributed by atoms with van der Waals surface area (Å²) in [6, 6.07) is 15.0. The topological polar surface area (TPSA) is 38.3 Å². The first kappa shape index (κ1) is 16.1. The van der Waals surface area contributed by atoms with Crippen molar-refractivity contribution in [3.05, 3.63) is 77.3 Å². The summed E-state index contributed by atoms with van der Waals surface area (Å²) >= 11 is 5.82. The third kappa shape index (κ3) is 4.93. The van der Waals surface area contributed by atoms with Crippen LogP contribution in [0.5, 0.6) is 5.75 Å². The molecule has 3 nitrogen and oxygen atoms in total. The van der Waals surface area contributed by atoms with Gasteiger partial charge in [-0.1, -0.05) is 48.0 Å². The van der Waals surface area contributed by atoms with E-state index in [0.717, 1.165) is 11.1 Å². The molecule has 0 atom stereocenters. The zero-order valence-corrected chi connectivity index (χ0v) is 13.0. The average molecular weight is 316 g/mol. The highest BCUT2D eigenvalue weighted by Gasteiger charge is 2.05. The number of nitrogens with one attached hydrogen (secondary N) is 1. The minimum Gasteiger partial charge on any atom is -0.483 e. The first-order valence-corrected chi connectivity index (χ1v) is 7.39. The monoisotopic (exact) mass is 315 g/mol. The molecule has 1 amide bonds. The summed E-state index contributed by atoms with van der Waals surface area (Å²) in [5.74, 6) is 0.549. The van der Waals surface area contributed by atoms with Gasteiger partial charge in [-0.25, -0.2) is 0 Å². The Morgan fingerprint density at radius 3 is 2.64 bits per heavy atom. The molecule has 22 heavy (non-hydrogen) atoms. The number of amides is 1. The van der Waals surface area contributed by atoms with Gasteiger partial charge in [-0.3, -0.25) is 4.79 Å². The predicted octanol–water partition coefficient (Wildman–Crippen LogP) is 3.76. The Kier molecular flexibility index (Phi) is 6.04. The predicted molar refractivity (Wildman–Crippen MR) is 89.1 cm³/mol. The lowest BCUT2D eigenvalue weighted by molar-refractivity contribution is -0.123. The summed E-state index contributed by atoms with van der Waals surface area (Å²) in [4.78, 5) is 11.8. The van der Waals surface area contributed by atoms with Crippen LogP contribution >= 0.6 is 11.6 Å². The lowest BCUT2D eigenvalue weighted by Gasteiger charge is -2.10. The third-order valence-corrected chi connectivity index (χ3v) is 3.35. The van der Waals surface area contributed by atoms with Crippen LogP contribution in [-0.2, 0) is 17.8 Å². The average Bonchev–Trinajstić information content (AvgIpc) is 2.54. The molecule has 0 aliphatic carbocycles. The molecular weight excluding hydrogens is 298 g/mol. The van der Waals surface area contributed by atoms with E-state index in [0.29, 0.717) is 23.7 Å². The fourth-order valence-corrected chi connectivity index (χ4v) is 2.09. The van der Waals surface area contributed by atoms with Gasteiger partial charge in [0.05, 0.1) is 0 Å². The molecule has 0 aromatic heterocycles. The highest BCUT2D eigenvalue weighted by Crippen LogP contribution is 2.18. The number of benzene rings is 2. The van der Waals surface area contributed by atoms with Gasteiger partial charge in [0, 0.05) is 11.6 Å². The van der Waals surface area contributed by atoms with E-state index in [2.05, 4.69) is 11.9 Å². The molecule has 0 heterocycles. The maximum Gasteiger partial charge on any atom is 0.258 e. The second-order valence-corrected chi connectivity index (χ2v) is 5.23. The van der Waals surface area contributed by atoms with Crippen LogP contribution in [0.3, 0.4) is 0 Å². The van der Waals surface area contributed by atoms with Crippen molar-refractivity contribution in [3.8, 4) is 5.75 Å². The fourth-order valence-electron chi connectivity index (χ4n) is 1.97. The lowest BCUT2D eigenvalue weighted by atomic mass is 10.1. The van der Waals surface area contributed by atoms with Crippen molar-refractivity contribution in [2.24, 2.45) is 0 Å². The van der Waals surface area contributed by atoms with Crippen molar-refractivity contribution in [2.75, 3.05) is 6.61 Å². The molecule has 0 unspecified atom stereocenters. The highest BCUT2D eigenvalue weighted by molar-refractivity contribution is 6.30. The number of allylic oxidation sites excluding steroid dienone is 1. The maximum atomic E-state index is 11.8. The first-order chi connectivity index (χ1) is 10.7. The summed E-state index contributed by atoms with van der Waals surface area (Å²) < 4.78 is 5.58. The minimum absolute atomic E-state index is 0.0122. The van der Waals surface area contributed by atoms with E-state index in [-0.39, 0.29) is 12.5 Å². The van der Waals surface area contributed by atoms with Crippen molar-refractivity contribution in [2.45, 2.75) is 13.0 Å². The number of hydrogen-bond donors (Lipinski definition) is 1. The smallest absolute Gasteiger partial charge is 0.258 e. The Bertz CT molecular complexity index is 638. The van der Waals surface area contributed by atoms with Crippen LogP contribution in [0.25, 0.3) is 0 Å². The van der Waals surface area contributed by atoms with E-state index >= 15 is 0 Å². The fraction of sp³-hybridized carbons (Fsp3) is 0.167. The Labute approximate surface area is 135 Å². The van der Waals surface area contributed by atoms with Crippen LogP contribution in [0.1, 0.15) is 11.1 Å². The number of ether oxygens (including phenoxy) is 1. The van der Waals surface area contributed by atoms with E-state index in [1.165, 1.54) is 0 Å². The zero-order valence-electron chi connectivity index (χ0n) is 12.2. The van der Waals surface area contributed by atoms with Crippen molar-refractivity contribution >= 4 is 17.5 Å². The van der Waals surface area contributed by atoms with Gasteiger partial charge < -0.3 is 10.1 Å². The van der Waals surface area contributed by atoms with Gasteiger partial charge in [-0.2, -0.15) is 0 Å². The quantitative estimate of drug-likeness (QED) is 0.790. The number of hydrogen-bond acceptors (Lipinski definition) is 2. The molecule has 0 aliphatic heterocycles. The van der Waals surface area contributed by atoms with E-state index < -0.39 is 0 Å². The van der Waals surface area contributed by atoms with E-state index in [4.69, 9.17) is 16.3 Å². The second-order valence-electron chi connectivity index (χ2n) is 4.79. The van der Waals surface area contributed by atoms with E-state index in [1.807, 2.05) is 42.5 Å². The van der Waals surface area contributed by atoms with Gasteiger partial charge >= 0.3 is 0 Å². The molecule has 0 saturated carbocycles. The highest BCUT2D eigenvalue weighted by atomic mass is 35.5. The summed E-state index contributed by atoms with van der Waals surface area (Å²) in [6.07, 6.45) is 2.52. The van der Waals surface area contributed by atoms with Crippen molar-refractivity contribution in [1.82, 2.24) is 5.32 Å². The van der Waals surface area contributed by atoms with Crippen molar-refractivity contribution in [1.29, 1.82) is 0 Å². The van der Waals surface area contributed by atoms with Crippen LogP contribution in [0.4, 0.5) is 0 Å². The standard InChI is InChI=1S/C18H18ClNO2/c1-2-5-15-6-3-4-7-17(15)22-13-18(21)20-12-14-8-10-16(19)11-9-14/h2-4,6-11H,1,5,12-13H2,(H,20,21). The number of rotatable bonds is 7. The molecule has 114 valence electrons. The zero-order chi connectivity index (χ0) is 15.8. The molecular formula is C18H18ClNO2. The molecule has 0 aliphatic rings. The summed E-state index contributed by atoms with van der Waals surface area (Å²) in [6.45, 7) is 4.16. The molecule has 0 fully saturated rings. The SMILES string of the molecule is C=CCc1ccccc1OCC(=O)NCc1ccc(Cl)cc1. The third-order valence-electron chi connectivity index (χ3n) is 3.10. The van der Waals surface area contributed by atoms with Gasteiger partial charge in [0.2, 0.25) is 0 Å². The number of para-hydroxylation sites is 1. The van der Waals surface area contributed by atoms with E-state index in [1.54, 1.807) is 12.1 Å². The van der Waals surface area contributed by atoms with Crippen molar-refractivity contribution < 1.29 is 9.53 Å². The van der Waals surface area contributed by atoms with Gasteiger partial charge in [-0.15, -0.1) is 6.58 Å². The van der Waals surface area contributed by atoms with Gasteiger partial charge in [0.15, 0.2) is 6.61 Å². The van der Waals surface area contributed by atoms with Crippen LogP contribution in [0.2, 0.25) is 5.02 Å². The molecule has 4 heteroatoms. The summed E-state index contributed by atoms with van der Waals surface area (Å²) in [5.41, 5.74) is 2.01. The summed E-state index contributed by atoms with van der Waals surface area (Å²) in [5, 5.41) is 3.49. The Morgan fingerprint density at radius 1 is 1.18 bits per heavy atom. The molecule has 2 aromatic carbocycles. The number of carbonyl (C=O) groups excluding carboxylic acids is 1. The molecule has 2 aromatic rings. The van der Waals surface area contributed by atoms with Crippen LogP contribution in [-0.4, -0.2) is 12.5 Å².